The molecule has 0 atom stereocenters. The first-order valence-electron chi connectivity index (χ1n) is 6.52. The molecule has 0 spiro atoms. The fourth-order valence-electron chi connectivity index (χ4n) is 1.76. The predicted molar refractivity (Wildman–Crippen MR) is 79.8 cm³/mol. The van der Waals surface area contributed by atoms with Gasteiger partial charge < -0.3 is 4.74 Å². The molecule has 0 aliphatic carbocycles. The Morgan fingerprint density at radius 1 is 1.14 bits per heavy atom. The molecule has 0 heterocycles. The van der Waals surface area contributed by atoms with E-state index in [0.717, 1.165) is 10.6 Å². The molecule has 0 aromatic heterocycles. The van der Waals surface area contributed by atoms with Crippen LogP contribution >= 0.6 is 0 Å². The van der Waals surface area contributed by atoms with Gasteiger partial charge in [0.1, 0.15) is 5.75 Å². The maximum Gasteiger partial charge on any atom is 0.274 e. The first kappa shape index (κ1) is 15.5. The molecule has 0 aliphatic rings. The van der Waals surface area contributed by atoms with E-state index in [1.54, 1.807) is 0 Å². The van der Waals surface area contributed by atoms with E-state index in [1.165, 1.54) is 24.3 Å². The number of amides is 1. The van der Waals surface area contributed by atoms with E-state index in [0.29, 0.717) is 5.75 Å². The number of carbonyl (C=O) groups excluding carboxylic acids is 1. The summed E-state index contributed by atoms with van der Waals surface area (Å²) in [6.45, 7) is 0.0461. The molecule has 0 fully saturated rings. The SMILES string of the molecule is NN(Cc1ccccc1)C(=O)COc1ccc([N+](=O)[O-])cc1. The van der Waals surface area contributed by atoms with Gasteiger partial charge in [0.2, 0.25) is 0 Å². The number of non-ortho nitro benzene ring substituents is 1. The summed E-state index contributed by atoms with van der Waals surface area (Å²) in [6, 6.07) is 14.8. The Morgan fingerprint density at radius 3 is 2.36 bits per heavy atom. The molecular weight excluding hydrogens is 286 g/mol. The molecule has 1 amide bonds. The number of hydrogen-bond acceptors (Lipinski definition) is 5. The van der Waals surface area contributed by atoms with Gasteiger partial charge in [-0.3, -0.25) is 19.9 Å². The number of nitro benzene ring substituents is 1. The van der Waals surface area contributed by atoms with Crippen molar-refractivity contribution in [3.63, 3.8) is 0 Å². The minimum Gasteiger partial charge on any atom is -0.484 e. The van der Waals surface area contributed by atoms with Crippen molar-refractivity contribution in [3.8, 4) is 5.75 Å². The van der Waals surface area contributed by atoms with E-state index in [1.807, 2.05) is 30.3 Å². The van der Waals surface area contributed by atoms with E-state index in [2.05, 4.69) is 0 Å². The minimum atomic E-state index is -0.504. The zero-order valence-electron chi connectivity index (χ0n) is 11.7. The van der Waals surface area contributed by atoms with E-state index in [4.69, 9.17) is 10.6 Å². The van der Waals surface area contributed by atoms with Gasteiger partial charge in [0.15, 0.2) is 6.61 Å². The second-order valence-corrected chi connectivity index (χ2v) is 4.55. The monoisotopic (exact) mass is 301 g/mol. The first-order valence-corrected chi connectivity index (χ1v) is 6.52. The lowest BCUT2D eigenvalue weighted by Crippen LogP contribution is -2.39. The Morgan fingerprint density at radius 2 is 1.77 bits per heavy atom. The number of hydrazine groups is 1. The molecule has 0 saturated carbocycles. The molecule has 0 radical (unpaired) electrons. The van der Waals surface area contributed by atoms with Crippen molar-refractivity contribution in [2.75, 3.05) is 6.61 Å². The van der Waals surface area contributed by atoms with E-state index in [-0.39, 0.29) is 24.7 Å². The van der Waals surface area contributed by atoms with Crippen LogP contribution in [0.25, 0.3) is 0 Å². The standard InChI is InChI=1S/C15H15N3O4/c16-17(10-12-4-2-1-3-5-12)15(19)11-22-14-8-6-13(7-9-14)18(20)21/h1-9H,10-11,16H2. The fraction of sp³-hybridized carbons (Fsp3) is 0.133. The molecule has 0 saturated heterocycles. The van der Waals surface area contributed by atoms with Gasteiger partial charge in [-0.1, -0.05) is 30.3 Å². The smallest absolute Gasteiger partial charge is 0.274 e. The minimum absolute atomic E-state index is 0.0387. The second kappa shape index (κ2) is 7.19. The first-order chi connectivity index (χ1) is 10.6. The average molecular weight is 301 g/mol. The molecular formula is C15H15N3O4. The number of nitro groups is 1. The van der Waals surface area contributed by atoms with Crippen molar-refractivity contribution < 1.29 is 14.5 Å². The highest BCUT2D eigenvalue weighted by Crippen LogP contribution is 2.17. The van der Waals surface area contributed by atoms with Crippen molar-refractivity contribution in [2.45, 2.75) is 6.54 Å². The van der Waals surface area contributed by atoms with E-state index in [9.17, 15) is 14.9 Å². The van der Waals surface area contributed by atoms with Gasteiger partial charge >= 0.3 is 0 Å². The van der Waals surface area contributed by atoms with Crippen LogP contribution in [0.3, 0.4) is 0 Å². The number of rotatable bonds is 6. The van der Waals surface area contributed by atoms with Gasteiger partial charge in [0.25, 0.3) is 11.6 Å². The lowest BCUT2D eigenvalue weighted by atomic mass is 10.2. The Hall–Kier alpha value is -2.93. The van der Waals surface area contributed by atoms with Crippen LogP contribution in [0.2, 0.25) is 0 Å². The van der Waals surface area contributed by atoms with Crippen LogP contribution in [0.1, 0.15) is 5.56 Å². The Labute approximate surface area is 127 Å². The molecule has 2 rings (SSSR count). The van der Waals surface area contributed by atoms with Crippen LogP contribution in [-0.2, 0) is 11.3 Å². The third-order valence-electron chi connectivity index (χ3n) is 2.93. The summed E-state index contributed by atoms with van der Waals surface area (Å²) in [5.74, 6) is 5.67. The number of nitrogens with two attached hydrogens (primary N) is 1. The van der Waals surface area contributed by atoms with Gasteiger partial charge in [0.05, 0.1) is 11.5 Å². The van der Waals surface area contributed by atoms with Crippen LogP contribution < -0.4 is 10.6 Å². The third kappa shape index (κ3) is 4.29. The maximum atomic E-state index is 11.9. The summed E-state index contributed by atoms with van der Waals surface area (Å²) in [5.41, 5.74) is 0.872. The van der Waals surface area contributed by atoms with E-state index >= 15 is 0 Å². The Balaban J connectivity index is 1.85. The van der Waals surface area contributed by atoms with Crippen molar-refractivity contribution in [1.82, 2.24) is 5.01 Å². The van der Waals surface area contributed by atoms with Crippen LogP contribution in [-0.4, -0.2) is 22.4 Å². The number of nitrogens with zero attached hydrogens (tertiary/aromatic N) is 2. The lowest BCUT2D eigenvalue weighted by molar-refractivity contribution is -0.384. The number of benzene rings is 2. The third-order valence-corrected chi connectivity index (χ3v) is 2.93. The maximum absolute atomic E-state index is 11.9. The topological polar surface area (TPSA) is 98.7 Å². The Bertz CT molecular complexity index is 644. The fourth-order valence-corrected chi connectivity index (χ4v) is 1.76. The molecule has 7 heteroatoms. The normalized spacial score (nSPS) is 10.0. The summed E-state index contributed by atoms with van der Waals surface area (Å²) in [7, 11) is 0. The van der Waals surface area contributed by atoms with Gasteiger partial charge in [-0.15, -0.1) is 0 Å². The molecule has 0 unspecified atom stereocenters. The molecule has 22 heavy (non-hydrogen) atoms. The highest BCUT2D eigenvalue weighted by molar-refractivity contribution is 5.77. The van der Waals surface area contributed by atoms with Crippen molar-refractivity contribution in [1.29, 1.82) is 0 Å². The molecule has 2 aromatic rings. The van der Waals surface area contributed by atoms with Crippen LogP contribution in [0.5, 0.6) is 5.75 Å². The largest absolute Gasteiger partial charge is 0.484 e. The molecule has 2 N–H and O–H groups in total. The van der Waals surface area contributed by atoms with Gasteiger partial charge in [-0.2, -0.15) is 0 Å². The van der Waals surface area contributed by atoms with Crippen LogP contribution in [0.4, 0.5) is 5.69 Å². The zero-order valence-corrected chi connectivity index (χ0v) is 11.7. The quantitative estimate of drug-likeness (QED) is 0.380. The van der Waals surface area contributed by atoms with Crippen molar-refractivity contribution in [3.05, 3.63) is 70.3 Å². The number of carbonyl (C=O) groups is 1. The average Bonchev–Trinajstić information content (AvgIpc) is 2.53. The van der Waals surface area contributed by atoms with Gasteiger partial charge in [-0.25, -0.2) is 5.84 Å². The highest BCUT2D eigenvalue weighted by atomic mass is 16.6. The van der Waals surface area contributed by atoms with Gasteiger partial charge in [-0.05, 0) is 17.7 Å². The summed E-state index contributed by atoms with van der Waals surface area (Å²) < 4.78 is 5.27. The summed E-state index contributed by atoms with van der Waals surface area (Å²) in [4.78, 5) is 21.9. The van der Waals surface area contributed by atoms with Gasteiger partial charge in [0, 0.05) is 12.1 Å². The molecule has 2 aromatic carbocycles. The predicted octanol–water partition coefficient (Wildman–Crippen LogP) is 1.88. The summed E-state index contributed by atoms with van der Waals surface area (Å²) >= 11 is 0. The molecule has 114 valence electrons. The number of hydrogen-bond donors (Lipinski definition) is 1. The molecule has 7 nitrogen and oxygen atoms in total. The van der Waals surface area contributed by atoms with E-state index < -0.39 is 4.92 Å². The Kier molecular flexibility index (Phi) is 5.05. The zero-order chi connectivity index (χ0) is 15.9. The summed E-state index contributed by atoms with van der Waals surface area (Å²) in [6.07, 6.45) is 0. The summed E-state index contributed by atoms with van der Waals surface area (Å²) in [5, 5.41) is 11.6. The lowest BCUT2D eigenvalue weighted by Gasteiger charge is -2.17. The van der Waals surface area contributed by atoms with Crippen molar-refractivity contribution in [2.24, 2.45) is 5.84 Å². The number of ether oxygens (including phenoxy) is 1. The van der Waals surface area contributed by atoms with Crippen molar-refractivity contribution >= 4 is 11.6 Å². The molecule has 0 bridgehead atoms. The van der Waals surface area contributed by atoms with Crippen LogP contribution in [0.15, 0.2) is 54.6 Å². The molecule has 0 aliphatic heterocycles. The second-order valence-electron chi connectivity index (χ2n) is 4.55. The van der Waals surface area contributed by atoms with Crippen LogP contribution in [0, 0.1) is 10.1 Å². The highest BCUT2D eigenvalue weighted by Gasteiger charge is 2.11.